The molecule has 2 atom stereocenters. The molecule has 100 valence electrons. The summed E-state index contributed by atoms with van der Waals surface area (Å²) in [5, 5.41) is 0. The molecule has 1 heterocycles. The zero-order chi connectivity index (χ0) is 13.0. The molecular weight excluding hydrogens is 227 g/mol. The van der Waals surface area contributed by atoms with Gasteiger partial charge in [0.2, 0.25) is 0 Å². The van der Waals surface area contributed by atoms with Crippen LogP contribution in [0.3, 0.4) is 0 Å². The van der Waals surface area contributed by atoms with E-state index in [-0.39, 0.29) is 11.9 Å². The second kappa shape index (κ2) is 6.30. The highest BCUT2D eigenvalue weighted by molar-refractivity contribution is 5.20. The molecule has 0 aromatic heterocycles. The van der Waals surface area contributed by atoms with E-state index in [2.05, 4.69) is 11.8 Å². The summed E-state index contributed by atoms with van der Waals surface area (Å²) < 4.78 is 13.3. The van der Waals surface area contributed by atoms with Gasteiger partial charge in [0.25, 0.3) is 0 Å². The maximum absolute atomic E-state index is 13.3. The van der Waals surface area contributed by atoms with E-state index in [1.807, 2.05) is 6.07 Å². The first-order chi connectivity index (χ1) is 8.70. The zero-order valence-electron chi connectivity index (χ0n) is 11.1. The molecule has 1 aromatic rings. The van der Waals surface area contributed by atoms with Crippen LogP contribution in [-0.2, 0) is 0 Å². The lowest BCUT2D eigenvalue weighted by Gasteiger charge is -2.30. The first-order valence-electron chi connectivity index (χ1n) is 6.90. The van der Waals surface area contributed by atoms with Gasteiger partial charge in [0.05, 0.1) is 0 Å². The number of hydrogen-bond donors (Lipinski definition) is 1. The summed E-state index contributed by atoms with van der Waals surface area (Å²) in [5.41, 5.74) is 6.91. The van der Waals surface area contributed by atoms with Gasteiger partial charge < -0.3 is 5.73 Å². The predicted molar refractivity (Wildman–Crippen MR) is 72.8 cm³/mol. The smallest absolute Gasteiger partial charge is 0.123 e. The van der Waals surface area contributed by atoms with Crippen LogP contribution in [0.2, 0.25) is 0 Å². The molecule has 0 amide bonds. The Balaban J connectivity index is 2.12. The fourth-order valence-corrected chi connectivity index (χ4v) is 2.81. The van der Waals surface area contributed by atoms with Gasteiger partial charge in [-0.25, -0.2) is 4.39 Å². The van der Waals surface area contributed by atoms with Crippen molar-refractivity contribution in [3.63, 3.8) is 0 Å². The minimum Gasteiger partial charge on any atom is -0.329 e. The summed E-state index contributed by atoms with van der Waals surface area (Å²) in [7, 11) is 0. The molecule has 1 saturated heterocycles. The molecule has 0 bridgehead atoms. The van der Waals surface area contributed by atoms with Gasteiger partial charge >= 0.3 is 0 Å². The van der Waals surface area contributed by atoms with Crippen LogP contribution in [0.1, 0.15) is 37.8 Å². The summed E-state index contributed by atoms with van der Waals surface area (Å²) >= 11 is 0. The van der Waals surface area contributed by atoms with E-state index in [9.17, 15) is 4.39 Å². The first kappa shape index (κ1) is 13.5. The maximum Gasteiger partial charge on any atom is 0.123 e. The van der Waals surface area contributed by atoms with Crippen LogP contribution in [0.4, 0.5) is 4.39 Å². The monoisotopic (exact) mass is 250 g/mol. The van der Waals surface area contributed by atoms with Crippen molar-refractivity contribution in [1.29, 1.82) is 0 Å². The average Bonchev–Trinajstić information content (AvgIpc) is 2.56. The highest BCUT2D eigenvalue weighted by Crippen LogP contribution is 2.25. The van der Waals surface area contributed by atoms with E-state index in [1.165, 1.54) is 25.3 Å². The lowest BCUT2D eigenvalue weighted by atomic mass is 10.0. The van der Waals surface area contributed by atoms with Crippen molar-refractivity contribution >= 4 is 0 Å². The second-order valence-electron chi connectivity index (χ2n) is 5.38. The van der Waals surface area contributed by atoms with Gasteiger partial charge in [0.1, 0.15) is 5.82 Å². The molecule has 1 aliphatic heterocycles. The summed E-state index contributed by atoms with van der Waals surface area (Å²) in [5.74, 6) is 0.620. The molecule has 2 unspecified atom stereocenters. The van der Waals surface area contributed by atoms with Crippen molar-refractivity contribution in [2.75, 3.05) is 19.6 Å². The highest BCUT2D eigenvalue weighted by Gasteiger charge is 2.22. The number of nitrogens with two attached hydrogens (primary N) is 1. The van der Waals surface area contributed by atoms with Crippen molar-refractivity contribution < 1.29 is 4.39 Å². The zero-order valence-corrected chi connectivity index (χ0v) is 11.1. The number of nitrogens with zero attached hydrogens (tertiary/aromatic N) is 1. The van der Waals surface area contributed by atoms with Crippen molar-refractivity contribution in [2.45, 2.75) is 32.2 Å². The third kappa shape index (κ3) is 3.30. The molecule has 2 N–H and O–H groups in total. The lowest BCUT2D eigenvalue weighted by Crippen LogP contribution is -2.34. The van der Waals surface area contributed by atoms with Crippen LogP contribution < -0.4 is 5.73 Å². The third-order valence-electron chi connectivity index (χ3n) is 3.95. The van der Waals surface area contributed by atoms with Crippen LogP contribution in [-0.4, -0.2) is 24.5 Å². The summed E-state index contributed by atoms with van der Waals surface area (Å²) in [4.78, 5) is 2.41. The Morgan fingerprint density at radius 1 is 1.39 bits per heavy atom. The van der Waals surface area contributed by atoms with Crippen LogP contribution in [0.15, 0.2) is 24.3 Å². The minimum atomic E-state index is -0.172. The van der Waals surface area contributed by atoms with Gasteiger partial charge in [-0.05, 0) is 56.0 Å². The lowest BCUT2D eigenvalue weighted by molar-refractivity contribution is 0.207. The molecule has 3 heteroatoms. The minimum absolute atomic E-state index is 0.158. The van der Waals surface area contributed by atoms with Crippen molar-refractivity contribution in [1.82, 2.24) is 4.90 Å². The molecule has 1 aromatic carbocycles. The average molecular weight is 250 g/mol. The molecular formula is C15H23FN2. The standard InChI is InChI=1S/C15H23FN2/c1-12-4-3-8-18(9-7-12)15(11-17)13-5-2-6-14(16)10-13/h2,5-6,10,12,15H,3-4,7-9,11,17H2,1H3. The van der Waals surface area contributed by atoms with Crippen molar-refractivity contribution in [3.8, 4) is 0 Å². The molecule has 1 fully saturated rings. The Morgan fingerprint density at radius 3 is 2.94 bits per heavy atom. The summed E-state index contributed by atoms with van der Waals surface area (Å²) in [6.45, 7) is 5.00. The van der Waals surface area contributed by atoms with E-state index in [4.69, 9.17) is 5.73 Å². The predicted octanol–water partition coefficient (Wildman–Crippen LogP) is 2.95. The molecule has 0 radical (unpaired) electrons. The van der Waals surface area contributed by atoms with E-state index < -0.39 is 0 Å². The van der Waals surface area contributed by atoms with Crippen LogP contribution in [0.5, 0.6) is 0 Å². The number of rotatable bonds is 3. The largest absolute Gasteiger partial charge is 0.329 e. The fraction of sp³-hybridized carbons (Fsp3) is 0.600. The Hall–Kier alpha value is -0.930. The molecule has 2 nitrogen and oxygen atoms in total. The second-order valence-corrected chi connectivity index (χ2v) is 5.38. The van der Waals surface area contributed by atoms with Crippen molar-refractivity contribution in [2.24, 2.45) is 11.7 Å². The Morgan fingerprint density at radius 2 is 2.22 bits per heavy atom. The molecule has 18 heavy (non-hydrogen) atoms. The van der Waals surface area contributed by atoms with E-state index in [1.54, 1.807) is 12.1 Å². The first-order valence-corrected chi connectivity index (χ1v) is 6.90. The summed E-state index contributed by atoms with van der Waals surface area (Å²) in [6.07, 6.45) is 3.72. The van der Waals surface area contributed by atoms with Crippen LogP contribution >= 0.6 is 0 Å². The Labute approximate surface area is 109 Å². The Kier molecular flexibility index (Phi) is 4.72. The van der Waals surface area contributed by atoms with E-state index in [0.717, 1.165) is 24.6 Å². The normalized spacial score (nSPS) is 23.6. The van der Waals surface area contributed by atoms with Crippen LogP contribution in [0, 0.1) is 11.7 Å². The highest BCUT2D eigenvalue weighted by atomic mass is 19.1. The van der Waals surface area contributed by atoms with Gasteiger partial charge in [-0.1, -0.05) is 19.1 Å². The van der Waals surface area contributed by atoms with Gasteiger partial charge in [-0.15, -0.1) is 0 Å². The Bertz CT molecular complexity index is 381. The molecule has 0 spiro atoms. The maximum atomic E-state index is 13.3. The molecule has 0 aliphatic carbocycles. The SMILES string of the molecule is CC1CCCN(C(CN)c2cccc(F)c2)CC1. The van der Waals surface area contributed by atoms with Crippen LogP contribution in [0.25, 0.3) is 0 Å². The summed E-state index contributed by atoms with van der Waals surface area (Å²) in [6, 6.07) is 7.02. The van der Waals surface area contributed by atoms with Gasteiger partial charge in [-0.2, -0.15) is 0 Å². The quantitative estimate of drug-likeness (QED) is 0.893. The fourth-order valence-electron chi connectivity index (χ4n) is 2.81. The van der Waals surface area contributed by atoms with E-state index >= 15 is 0 Å². The van der Waals surface area contributed by atoms with E-state index in [0.29, 0.717) is 6.54 Å². The molecule has 1 aliphatic rings. The number of likely N-dealkylation sites (tertiary alicyclic amines) is 1. The molecule has 2 rings (SSSR count). The number of benzene rings is 1. The third-order valence-corrected chi connectivity index (χ3v) is 3.95. The number of hydrogen-bond acceptors (Lipinski definition) is 2. The van der Waals surface area contributed by atoms with Crippen molar-refractivity contribution in [3.05, 3.63) is 35.6 Å². The topological polar surface area (TPSA) is 29.3 Å². The van der Waals surface area contributed by atoms with Gasteiger partial charge in [0.15, 0.2) is 0 Å². The van der Waals surface area contributed by atoms with Gasteiger partial charge in [0, 0.05) is 12.6 Å². The number of halogens is 1. The van der Waals surface area contributed by atoms with Gasteiger partial charge in [-0.3, -0.25) is 4.90 Å². The molecule has 0 saturated carbocycles.